The first-order chi connectivity index (χ1) is 12.7. The van der Waals surface area contributed by atoms with E-state index < -0.39 is 4.92 Å². The number of rotatable bonds is 4. The highest BCUT2D eigenvalue weighted by Gasteiger charge is 2.30. The van der Waals surface area contributed by atoms with Crippen LogP contribution in [-0.2, 0) is 0 Å². The van der Waals surface area contributed by atoms with Crippen LogP contribution in [0.1, 0.15) is 29.8 Å². The molecule has 0 N–H and O–H groups in total. The summed E-state index contributed by atoms with van der Waals surface area (Å²) in [7, 11) is 0. The average Bonchev–Trinajstić information content (AvgIpc) is 2.69. The normalized spacial score (nSPS) is 18.5. The molecule has 0 saturated heterocycles. The van der Waals surface area contributed by atoms with Crippen molar-refractivity contribution < 1.29 is 14.4 Å². The van der Waals surface area contributed by atoms with Crippen LogP contribution in [0.5, 0.6) is 11.5 Å². The number of para-hydroxylation sites is 1. The number of nitro groups is 1. The van der Waals surface area contributed by atoms with Crippen LogP contribution in [0.3, 0.4) is 0 Å². The van der Waals surface area contributed by atoms with E-state index in [4.69, 9.17) is 9.47 Å². The Labute approximate surface area is 151 Å². The molecule has 3 aromatic rings. The minimum absolute atomic E-state index is 0.0162. The molecule has 0 radical (unpaired) electrons. The SMILES string of the molecule is O=[N+]([O-])c1cccc(O[C@@H]2C[C@H](c3ccccc3)Oc3ccccc32)c1. The highest BCUT2D eigenvalue weighted by molar-refractivity contribution is 5.41. The van der Waals surface area contributed by atoms with Gasteiger partial charge < -0.3 is 9.47 Å². The van der Waals surface area contributed by atoms with Gasteiger partial charge in [0.2, 0.25) is 0 Å². The van der Waals surface area contributed by atoms with E-state index in [1.165, 1.54) is 12.1 Å². The van der Waals surface area contributed by atoms with Crippen molar-refractivity contribution in [2.24, 2.45) is 0 Å². The fraction of sp³-hybridized carbons (Fsp3) is 0.143. The van der Waals surface area contributed by atoms with Gasteiger partial charge in [-0.1, -0.05) is 54.6 Å². The maximum atomic E-state index is 11.0. The number of fused-ring (bicyclic) bond motifs is 1. The van der Waals surface area contributed by atoms with Crippen LogP contribution in [0.2, 0.25) is 0 Å². The van der Waals surface area contributed by atoms with Crippen LogP contribution in [-0.4, -0.2) is 4.92 Å². The molecular formula is C21H17NO4. The molecule has 1 heterocycles. The van der Waals surface area contributed by atoms with E-state index in [1.807, 2.05) is 54.6 Å². The highest BCUT2D eigenvalue weighted by atomic mass is 16.6. The molecule has 0 bridgehead atoms. The molecule has 2 atom stereocenters. The number of non-ortho nitro benzene ring substituents is 1. The number of benzene rings is 3. The summed E-state index contributed by atoms with van der Waals surface area (Å²) < 4.78 is 12.3. The number of nitro benzene ring substituents is 1. The van der Waals surface area contributed by atoms with Crippen molar-refractivity contribution in [3.8, 4) is 11.5 Å². The van der Waals surface area contributed by atoms with Crippen molar-refractivity contribution in [2.45, 2.75) is 18.6 Å². The topological polar surface area (TPSA) is 61.6 Å². The minimum atomic E-state index is -0.419. The minimum Gasteiger partial charge on any atom is -0.485 e. The largest absolute Gasteiger partial charge is 0.485 e. The van der Waals surface area contributed by atoms with Crippen LogP contribution in [0.15, 0.2) is 78.9 Å². The molecule has 26 heavy (non-hydrogen) atoms. The molecule has 0 fully saturated rings. The van der Waals surface area contributed by atoms with Gasteiger partial charge in [0.25, 0.3) is 5.69 Å². The highest BCUT2D eigenvalue weighted by Crippen LogP contribution is 2.43. The summed E-state index contributed by atoms with van der Waals surface area (Å²) in [6, 6.07) is 24.0. The zero-order valence-electron chi connectivity index (χ0n) is 13.9. The van der Waals surface area contributed by atoms with Crippen molar-refractivity contribution in [1.29, 1.82) is 0 Å². The Hall–Kier alpha value is -3.34. The van der Waals surface area contributed by atoms with Crippen molar-refractivity contribution >= 4 is 5.69 Å². The molecule has 4 rings (SSSR count). The fourth-order valence-corrected chi connectivity index (χ4v) is 3.19. The Morgan fingerprint density at radius 2 is 1.73 bits per heavy atom. The smallest absolute Gasteiger partial charge is 0.273 e. The van der Waals surface area contributed by atoms with Gasteiger partial charge in [0.15, 0.2) is 0 Å². The molecule has 0 saturated carbocycles. The molecule has 130 valence electrons. The lowest BCUT2D eigenvalue weighted by molar-refractivity contribution is -0.385. The van der Waals surface area contributed by atoms with Crippen molar-refractivity contribution in [2.75, 3.05) is 0 Å². The van der Waals surface area contributed by atoms with Gasteiger partial charge in [0.1, 0.15) is 23.7 Å². The summed E-state index contributed by atoms with van der Waals surface area (Å²) in [5, 5.41) is 11.0. The maximum absolute atomic E-state index is 11.0. The molecule has 1 aliphatic heterocycles. The van der Waals surface area contributed by atoms with Gasteiger partial charge in [0, 0.05) is 18.1 Å². The Bertz CT molecular complexity index is 926. The van der Waals surface area contributed by atoms with Crippen LogP contribution in [0, 0.1) is 10.1 Å². The monoisotopic (exact) mass is 347 g/mol. The summed E-state index contributed by atoms with van der Waals surface area (Å²) in [5.41, 5.74) is 2.04. The van der Waals surface area contributed by atoms with Crippen LogP contribution in [0.4, 0.5) is 5.69 Å². The van der Waals surface area contributed by atoms with Crippen molar-refractivity contribution in [3.63, 3.8) is 0 Å². The van der Waals surface area contributed by atoms with E-state index in [9.17, 15) is 10.1 Å². The molecular weight excluding hydrogens is 330 g/mol. The predicted molar refractivity (Wildman–Crippen MR) is 97.3 cm³/mol. The van der Waals surface area contributed by atoms with E-state index >= 15 is 0 Å². The molecule has 0 aliphatic carbocycles. The van der Waals surface area contributed by atoms with Gasteiger partial charge in [-0.2, -0.15) is 0 Å². The summed E-state index contributed by atoms with van der Waals surface area (Å²) in [6.07, 6.45) is 0.256. The van der Waals surface area contributed by atoms with E-state index in [0.29, 0.717) is 12.2 Å². The van der Waals surface area contributed by atoms with Gasteiger partial charge in [-0.15, -0.1) is 0 Å². The average molecular weight is 347 g/mol. The van der Waals surface area contributed by atoms with Gasteiger partial charge in [-0.05, 0) is 17.7 Å². The quantitative estimate of drug-likeness (QED) is 0.478. The van der Waals surface area contributed by atoms with E-state index in [2.05, 4.69) is 0 Å². The Morgan fingerprint density at radius 1 is 0.962 bits per heavy atom. The van der Waals surface area contributed by atoms with Gasteiger partial charge >= 0.3 is 0 Å². The Balaban J connectivity index is 1.66. The van der Waals surface area contributed by atoms with Crippen LogP contribution < -0.4 is 9.47 Å². The lowest BCUT2D eigenvalue weighted by Gasteiger charge is -2.32. The Kier molecular flexibility index (Phi) is 4.27. The fourth-order valence-electron chi connectivity index (χ4n) is 3.19. The standard InChI is InChI=1S/C21H17NO4/c23-22(24)16-9-6-10-17(13-16)25-21-14-20(15-7-2-1-3-8-15)26-19-12-5-4-11-18(19)21/h1-13,20-21H,14H2/t20-,21-/m1/s1. The maximum Gasteiger partial charge on any atom is 0.273 e. The number of hydrogen-bond acceptors (Lipinski definition) is 4. The zero-order chi connectivity index (χ0) is 17.9. The number of ether oxygens (including phenoxy) is 2. The molecule has 0 spiro atoms. The number of hydrogen-bond donors (Lipinski definition) is 0. The molecule has 5 nitrogen and oxygen atoms in total. The first kappa shape index (κ1) is 16.1. The first-order valence-electron chi connectivity index (χ1n) is 8.42. The summed E-state index contributed by atoms with van der Waals surface area (Å²) in [4.78, 5) is 10.6. The van der Waals surface area contributed by atoms with Gasteiger partial charge in [0.05, 0.1) is 11.0 Å². The summed E-state index contributed by atoms with van der Waals surface area (Å²) in [6.45, 7) is 0. The van der Waals surface area contributed by atoms with Crippen molar-refractivity contribution in [1.82, 2.24) is 0 Å². The second-order valence-corrected chi connectivity index (χ2v) is 6.15. The van der Waals surface area contributed by atoms with E-state index in [0.717, 1.165) is 16.9 Å². The lowest BCUT2D eigenvalue weighted by atomic mass is 9.95. The van der Waals surface area contributed by atoms with Crippen LogP contribution in [0.25, 0.3) is 0 Å². The van der Waals surface area contributed by atoms with E-state index in [-0.39, 0.29) is 17.9 Å². The predicted octanol–water partition coefficient (Wildman–Crippen LogP) is 5.24. The molecule has 3 aromatic carbocycles. The second-order valence-electron chi connectivity index (χ2n) is 6.15. The molecule has 5 heteroatoms. The third-order valence-electron chi connectivity index (χ3n) is 4.44. The molecule has 0 amide bonds. The zero-order valence-corrected chi connectivity index (χ0v) is 13.9. The number of nitrogens with zero attached hydrogens (tertiary/aromatic N) is 1. The molecule has 1 aliphatic rings. The third kappa shape index (κ3) is 3.24. The first-order valence-corrected chi connectivity index (χ1v) is 8.42. The summed E-state index contributed by atoms with van der Waals surface area (Å²) in [5.74, 6) is 1.26. The summed E-state index contributed by atoms with van der Waals surface area (Å²) >= 11 is 0. The van der Waals surface area contributed by atoms with Gasteiger partial charge in [-0.25, -0.2) is 0 Å². The van der Waals surface area contributed by atoms with Crippen LogP contribution >= 0.6 is 0 Å². The lowest BCUT2D eigenvalue weighted by Crippen LogP contribution is -2.22. The van der Waals surface area contributed by atoms with Crippen molar-refractivity contribution in [3.05, 3.63) is 100 Å². The molecule has 0 aromatic heterocycles. The Morgan fingerprint density at radius 3 is 2.54 bits per heavy atom. The second kappa shape index (κ2) is 6.88. The third-order valence-corrected chi connectivity index (χ3v) is 4.44. The molecule has 0 unspecified atom stereocenters. The van der Waals surface area contributed by atoms with E-state index in [1.54, 1.807) is 12.1 Å². The van der Waals surface area contributed by atoms with Gasteiger partial charge in [-0.3, -0.25) is 10.1 Å².